The van der Waals surface area contributed by atoms with Crippen molar-refractivity contribution in [2.75, 3.05) is 48.5 Å². The maximum absolute atomic E-state index is 13.0. The number of carbonyl (C=O) groups excluding carboxylic acids is 2. The van der Waals surface area contributed by atoms with Gasteiger partial charge in [-0.05, 0) is 65.8 Å². The van der Waals surface area contributed by atoms with Gasteiger partial charge >= 0.3 is 0 Å². The molecule has 2 amide bonds. The highest BCUT2D eigenvalue weighted by molar-refractivity contribution is 7.98. The third-order valence-corrected chi connectivity index (χ3v) is 6.40. The molecule has 2 N–H and O–H groups in total. The van der Waals surface area contributed by atoms with Gasteiger partial charge in [0, 0.05) is 30.0 Å². The van der Waals surface area contributed by atoms with E-state index in [9.17, 15) is 9.59 Å². The van der Waals surface area contributed by atoms with Gasteiger partial charge in [-0.3, -0.25) is 9.59 Å². The number of morpholine rings is 1. The van der Waals surface area contributed by atoms with Crippen LogP contribution in [0.2, 0.25) is 0 Å². The number of carbonyl (C=O) groups is 2. The molecule has 0 unspecified atom stereocenters. The average Bonchev–Trinajstić information content (AvgIpc) is 2.82. The molecule has 2 aromatic carbocycles. The Morgan fingerprint density at radius 1 is 1.03 bits per heavy atom. The summed E-state index contributed by atoms with van der Waals surface area (Å²) < 4.78 is 5.41. The van der Waals surface area contributed by atoms with Crippen molar-refractivity contribution in [3.8, 4) is 0 Å². The quantitative estimate of drug-likeness (QED) is 0.603. The Labute approximate surface area is 201 Å². The number of thioether (sulfide) groups is 1. The van der Waals surface area contributed by atoms with Gasteiger partial charge in [-0.2, -0.15) is 11.8 Å². The van der Waals surface area contributed by atoms with Gasteiger partial charge in [-0.15, -0.1) is 0 Å². The first kappa shape index (κ1) is 25.1. The zero-order valence-corrected chi connectivity index (χ0v) is 20.8. The second kappa shape index (κ2) is 11.6. The molecule has 1 fully saturated rings. The molecule has 2 aromatic rings. The van der Waals surface area contributed by atoms with E-state index in [2.05, 4.69) is 36.3 Å². The molecule has 1 aliphatic heterocycles. The van der Waals surface area contributed by atoms with Gasteiger partial charge in [0.1, 0.15) is 6.04 Å². The molecule has 6 nitrogen and oxygen atoms in total. The largest absolute Gasteiger partial charge is 0.378 e. The molecule has 3 rings (SSSR count). The van der Waals surface area contributed by atoms with Crippen molar-refractivity contribution in [2.45, 2.75) is 38.6 Å². The summed E-state index contributed by atoms with van der Waals surface area (Å²) in [4.78, 5) is 28.1. The van der Waals surface area contributed by atoms with E-state index in [1.54, 1.807) is 11.8 Å². The standard InChI is InChI=1S/C26H35N3O3S/c1-26(2,3)20-7-5-19(6-8-20)24(30)28-23(13-18-33-4)25(31)27-21-9-11-22(12-10-21)29-14-16-32-17-15-29/h5-12,23H,13-18H2,1-4H3,(H,27,31)(H,28,30)/t23-/m0/s1. The molecule has 33 heavy (non-hydrogen) atoms. The van der Waals surface area contributed by atoms with E-state index in [0.29, 0.717) is 12.0 Å². The average molecular weight is 470 g/mol. The summed E-state index contributed by atoms with van der Waals surface area (Å²) in [5, 5.41) is 5.88. The van der Waals surface area contributed by atoms with Crippen LogP contribution in [-0.4, -0.2) is 56.2 Å². The highest BCUT2D eigenvalue weighted by Crippen LogP contribution is 2.22. The zero-order chi connectivity index (χ0) is 23.8. The molecule has 1 aliphatic rings. The number of amides is 2. The first-order valence-corrected chi connectivity index (χ1v) is 12.8. The van der Waals surface area contributed by atoms with Crippen molar-refractivity contribution in [1.29, 1.82) is 0 Å². The lowest BCUT2D eigenvalue weighted by molar-refractivity contribution is -0.118. The second-order valence-electron chi connectivity index (χ2n) is 9.27. The van der Waals surface area contributed by atoms with Crippen LogP contribution in [0.15, 0.2) is 48.5 Å². The van der Waals surface area contributed by atoms with Crippen molar-refractivity contribution in [3.63, 3.8) is 0 Å². The topological polar surface area (TPSA) is 70.7 Å². The van der Waals surface area contributed by atoms with Gasteiger partial charge < -0.3 is 20.3 Å². The summed E-state index contributed by atoms with van der Waals surface area (Å²) in [7, 11) is 0. The molecular formula is C26H35N3O3S. The Bertz CT molecular complexity index is 917. The molecule has 7 heteroatoms. The fourth-order valence-corrected chi connectivity index (χ4v) is 4.15. The smallest absolute Gasteiger partial charge is 0.251 e. The second-order valence-corrected chi connectivity index (χ2v) is 10.3. The third-order valence-electron chi connectivity index (χ3n) is 5.76. The monoisotopic (exact) mass is 469 g/mol. The Kier molecular flexibility index (Phi) is 8.80. The van der Waals surface area contributed by atoms with Crippen LogP contribution < -0.4 is 15.5 Å². The summed E-state index contributed by atoms with van der Waals surface area (Å²) in [5.74, 6) is 0.333. The Hall–Kier alpha value is -2.51. The molecule has 0 saturated carbocycles. The predicted molar refractivity (Wildman–Crippen MR) is 137 cm³/mol. The molecule has 178 valence electrons. The SMILES string of the molecule is CSCC[C@H](NC(=O)c1ccc(C(C)(C)C)cc1)C(=O)Nc1ccc(N2CCOCC2)cc1. The predicted octanol–water partition coefficient (Wildman–Crippen LogP) is 4.31. The molecule has 1 saturated heterocycles. The molecule has 1 heterocycles. The maximum Gasteiger partial charge on any atom is 0.251 e. The lowest BCUT2D eigenvalue weighted by Crippen LogP contribution is -2.44. The lowest BCUT2D eigenvalue weighted by Gasteiger charge is -2.29. The van der Waals surface area contributed by atoms with Crippen molar-refractivity contribution in [3.05, 3.63) is 59.7 Å². The van der Waals surface area contributed by atoms with Gasteiger partial charge in [0.15, 0.2) is 0 Å². The van der Waals surface area contributed by atoms with Gasteiger partial charge in [0.05, 0.1) is 13.2 Å². The molecule has 1 atom stereocenters. The van der Waals surface area contributed by atoms with Gasteiger partial charge in [0.25, 0.3) is 5.91 Å². The number of hydrogen-bond donors (Lipinski definition) is 2. The molecule has 0 radical (unpaired) electrons. The van der Waals surface area contributed by atoms with E-state index >= 15 is 0 Å². The molecular weight excluding hydrogens is 434 g/mol. The minimum absolute atomic E-state index is 0.0209. The minimum Gasteiger partial charge on any atom is -0.378 e. The van der Waals surface area contributed by atoms with E-state index in [1.807, 2.05) is 54.8 Å². The molecule has 0 spiro atoms. The highest BCUT2D eigenvalue weighted by atomic mass is 32.2. The Balaban J connectivity index is 1.63. The van der Waals surface area contributed by atoms with E-state index in [1.165, 1.54) is 0 Å². The fourth-order valence-electron chi connectivity index (χ4n) is 3.67. The van der Waals surface area contributed by atoms with Crippen LogP contribution in [-0.2, 0) is 14.9 Å². The van der Waals surface area contributed by atoms with Crippen molar-refractivity contribution in [1.82, 2.24) is 5.32 Å². The van der Waals surface area contributed by atoms with Crippen LogP contribution in [0.5, 0.6) is 0 Å². The summed E-state index contributed by atoms with van der Waals surface area (Å²) in [6.45, 7) is 9.61. The van der Waals surface area contributed by atoms with Gasteiger partial charge in [0.2, 0.25) is 5.91 Å². The molecule has 0 bridgehead atoms. The van der Waals surface area contributed by atoms with Crippen LogP contribution >= 0.6 is 11.8 Å². The van der Waals surface area contributed by atoms with Gasteiger partial charge in [-0.1, -0.05) is 32.9 Å². The van der Waals surface area contributed by atoms with Crippen LogP contribution in [0.3, 0.4) is 0 Å². The van der Waals surface area contributed by atoms with Crippen LogP contribution in [0, 0.1) is 0 Å². The van der Waals surface area contributed by atoms with Crippen LogP contribution in [0.1, 0.15) is 43.1 Å². The number of nitrogens with one attached hydrogen (secondary N) is 2. The molecule has 0 aliphatic carbocycles. The number of rotatable bonds is 8. The number of ether oxygens (including phenoxy) is 1. The number of anilines is 2. The first-order chi connectivity index (χ1) is 15.8. The van der Waals surface area contributed by atoms with E-state index in [-0.39, 0.29) is 17.2 Å². The Morgan fingerprint density at radius 2 is 1.67 bits per heavy atom. The van der Waals surface area contributed by atoms with Crippen molar-refractivity contribution >= 4 is 35.0 Å². The summed E-state index contributed by atoms with van der Waals surface area (Å²) >= 11 is 1.65. The third kappa shape index (κ3) is 7.24. The van der Waals surface area contributed by atoms with Crippen LogP contribution in [0.25, 0.3) is 0 Å². The van der Waals surface area contributed by atoms with Gasteiger partial charge in [-0.25, -0.2) is 0 Å². The van der Waals surface area contributed by atoms with E-state index in [4.69, 9.17) is 4.74 Å². The zero-order valence-electron chi connectivity index (χ0n) is 20.0. The normalized spacial score (nSPS) is 15.1. The molecule has 0 aromatic heterocycles. The maximum atomic E-state index is 13.0. The summed E-state index contributed by atoms with van der Waals surface area (Å²) in [5.41, 5.74) is 3.57. The summed E-state index contributed by atoms with van der Waals surface area (Å²) in [6, 6.07) is 14.8. The number of benzene rings is 2. The number of hydrogen-bond acceptors (Lipinski definition) is 5. The number of nitrogens with zero attached hydrogens (tertiary/aromatic N) is 1. The van der Waals surface area contributed by atoms with Crippen molar-refractivity contribution in [2.24, 2.45) is 0 Å². The first-order valence-electron chi connectivity index (χ1n) is 11.4. The fraction of sp³-hybridized carbons (Fsp3) is 0.462. The van der Waals surface area contributed by atoms with Crippen LogP contribution in [0.4, 0.5) is 11.4 Å². The lowest BCUT2D eigenvalue weighted by atomic mass is 9.86. The van der Waals surface area contributed by atoms with Crippen molar-refractivity contribution < 1.29 is 14.3 Å². The summed E-state index contributed by atoms with van der Waals surface area (Å²) in [6.07, 6.45) is 2.55. The minimum atomic E-state index is -0.605. The van der Waals surface area contributed by atoms with E-state index < -0.39 is 6.04 Å². The van der Waals surface area contributed by atoms with E-state index in [0.717, 1.165) is 49.0 Å². The Morgan fingerprint density at radius 3 is 2.24 bits per heavy atom. The highest BCUT2D eigenvalue weighted by Gasteiger charge is 2.22.